The van der Waals surface area contributed by atoms with Gasteiger partial charge in [-0.2, -0.15) is 0 Å². The van der Waals surface area contributed by atoms with Crippen LogP contribution in [0.4, 0.5) is 4.79 Å². The minimum atomic E-state index is -0.737. The van der Waals surface area contributed by atoms with Crippen molar-refractivity contribution in [1.82, 2.24) is 9.80 Å². The molecule has 2 aromatic rings. The lowest BCUT2D eigenvalue weighted by Gasteiger charge is -2.44. The number of hydrogen-bond donors (Lipinski definition) is 0. The van der Waals surface area contributed by atoms with Gasteiger partial charge >= 0.3 is 6.09 Å². The zero-order valence-corrected chi connectivity index (χ0v) is 17.3. The predicted molar refractivity (Wildman–Crippen MR) is 114 cm³/mol. The van der Waals surface area contributed by atoms with Crippen LogP contribution in [-0.4, -0.2) is 49.8 Å². The minimum Gasteiger partial charge on any atom is -0.438 e. The van der Waals surface area contributed by atoms with Crippen LogP contribution in [0.25, 0.3) is 0 Å². The number of rotatable bonds is 6. The van der Waals surface area contributed by atoms with Crippen LogP contribution in [0.5, 0.6) is 0 Å². The van der Waals surface area contributed by atoms with Gasteiger partial charge in [0.15, 0.2) is 0 Å². The highest BCUT2D eigenvalue weighted by Gasteiger charge is 2.43. The molecule has 150 valence electrons. The highest BCUT2D eigenvalue weighted by molar-refractivity contribution is 6.32. The number of amides is 2. The zero-order valence-electron chi connectivity index (χ0n) is 17.3. The highest BCUT2D eigenvalue weighted by atomic mass is 16.6. The van der Waals surface area contributed by atoms with Crippen LogP contribution >= 0.6 is 0 Å². The van der Waals surface area contributed by atoms with Crippen molar-refractivity contribution in [1.29, 1.82) is 0 Å². The fourth-order valence-corrected chi connectivity index (χ4v) is 3.75. The average Bonchev–Trinajstić information content (AvgIpc) is 2.72. The molecule has 0 aromatic heterocycles. The largest absolute Gasteiger partial charge is 0.438 e. The summed E-state index contributed by atoms with van der Waals surface area (Å²) in [4.78, 5) is 28.1. The van der Waals surface area contributed by atoms with Crippen molar-refractivity contribution in [2.24, 2.45) is 0 Å². The van der Waals surface area contributed by atoms with Gasteiger partial charge in [0.05, 0.1) is 6.04 Å². The summed E-state index contributed by atoms with van der Waals surface area (Å²) in [6.07, 6.45) is 0.881. The topological polar surface area (TPSA) is 49.9 Å². The van der Waals surface area contributed by atoms with Crippen LogP contribution < -0.4 is 5.46 Å². The van der Waals surface area contributed by atoms with Gasteiger partial charge in [-0.15, -0.1) is 0 Å². The van der Waals surface area contributed by atoms with Gasteiger partial charge < -0.3 is 14.5 Å². The summed E-state index contributed by atoms with van der Waals surface area (Å²) in [5.74, 6) is -0.00560. The second-order valence-corrected chi connectivity index (χ2v) is 7.70. The first kappa shape index (κ1) is 21.0. The van der Waals surface area contributed by atoms with Crippen molar-refractivity contribution in [3.63, 3.8) is 0 Å². The summed E-state index contributed by atoms with van der Waals surface area (Å²) in [5.41, 5.74) is 1.93. The third-order valence-corrected chi connectivity index (χ3v) is 5.85. The van der Waals surface area contributed by atoms with Gasteiger partial charge in [-0.05, 0) is 18.1 Å². The number of cyclic esters (lactones) is 1. The molecule has 2 amide bonds. The van der Waals surface area contributed by atoms with E-state index in [0.29, 0.717) is 31.4 Å². The molecule has 6 heteroatoms. The summed E-state index contributed by atoms with van der Waals surface area (Å²) < 4.78 is 6.09. The Balaban J connectivity index is 1.81. The summed E-state index contributed by atoms with van der Waals surface area (Å²) >= 11 is 0. The van der Waals surface area contributed by atoms with Gasteiger partial charge in [0, 0.05) is 39.9 Å². The van der Waals surface area contributed by atoms with Gasteiger partial charge in [0.25, 0.3) is 0 Å². The average molecular weight is 390 g/mol. The molecule has 0 saturated carbocycles. The molecule has 1 aliphatic heterocycles. The highest BCUT2D eigenvalue weighted by Crippen LogP contribution is 2.39. The fourth-order valence-electron chi connectivity index (χ4n) is 3.75. The second kappa shape index (κ2) is 8.72. The molecule has 29 heavy (non-hydrogen) atoms. The van der Waals surface area contributed by atoms with Gasteiger partial charge in [0.1, 0.15) is 13.4 Å². The third kappa shape index (κ3) is 4.64. The molecule has 2 aromatic carbocycles. The number of ether oxygens (including phenoxy) is 1. The monoisotopic (exact) mass is 390 g/mol. The van der Waals surface area contributed by atoms with Crippen molar-refractivity contribution < 1.29 is 14.3 Å². The Labute approximate surface area is 174 Å². The number of carbonyl (C=O) groups excluding carboxylic acids is 2. The molecule has 1 heterocycles. The number of benzene rings is 2. The molecule has 0 bridgehead atoms. The lowest BCUT2D eigenvalue weighted by molar-refractivity contribution is -0.128. The van der Waals surface area contributed by atoms with E-state index in [1.807, 2.05) is 61.5 Å². The summed E-state index contributed by atoms with van der Waals surface area (Å²) in [6.45, 7) is 4.62. The SMILES string of the molecule is [B]c1ccc([C@H](C)N2CC[C@](CCN(C)C(C)=O)(c3ccccc3)OC2=O)cc1. The van der Waals surface area contributed by atoms with E-state index in [2.05, 4.69) is 0 Å². The molecule has 0 N–H and O–H groups in total. The maximum atomic E-state index is 13.0. The molecule has 0 aliphatic carbocycles. The van der Waals surface area contributed by atoms with Crippen LogP contribution in [0.1, 0.15) is 43.9 Å². The standard InChI is InChI=1S/C23H27BN2O3/c1-17(19-9-11-21(24)12-10-19)26-16-14-23(29-22(26)28,13-15-25(3)18(2)27)20-7-5-4-6-8-20/h4-12,17H,13-16H2,1-3H3/t17-,23+/m0/s1. The lowest BCUT2D eigenvalue weighted by Crippen LogP contribution is -2.49. The Morgan fingerprint density at radius 3 is 2.45 bits per heavy atom. The molecule has 5 nitrogen and oxygen atoms in total. The van der Waals surface area contributed by atoms with E-state index in [1.165, 1.54) is 6.92 Å². The summed E-state index contributed by atoms with van der Waals surface area (Å²) in [5, 5.41) is 0. The first-order valence-electron chi connectivity index (χ1n) is 9.95. The molecule has 0 unspecified atom stereocenters. The van der Waals surface area contributed by atoms with E-state index >= 15 is 0 Å². The number of nitrogens with zero attached hydrogens (tertiary/aromatic N) is 2. The van der Waals surface area contributed by atoms with Crippen molar-refractivity contribution >= 4 is 25.3 Å². The Hall–Kier alpha value is -2.76. The van der Waals surface area contributed by atoms with Gasteiger partial charge in [-0.25, -0.2) is 4.79 Å². The quantitative estimate of drug-likeness (QED) is 0.712. The zero-order chi connectivity index (χ0) is 21.0. The number of hydrogen-bond acceptors (Lipinski definition) is 3. The normalized spacial score (nSPS) is 20.1. The number of carbonyl (C=O) groups is 2. The Bertz CT molecular complexity index is 856. The summed E-state index contributed by atoms with van der Waals surface area (Å²) in [7, 11) is 7.54. The van der Waals surface area contributed by atoms with E-state index in [9.17, 15) is 9.59 Å². The fraction of sp³-hybridized carbons (Fsp3) is 0.391. The molecule has 0 spiro atoms. The van der Waals surface area contributed by atoms with Gasteiger partial charge in [0.2, 0.25) is 5.91 Å². The Morgan fingerprint density at radius 1 is 1.21 bits per heavy atom. The molecular weight excluding hydrogens is 363 g/mol. The maximum Gasteiger partial charge on any atom is 0.411 e. The first-order valence-corrected chi connectivity index (χ1v) is 9.95. The maximum absolute atomic E-state index is 13.0. The molecule has 2 atom stereocenters. The van der Waals surface area contributed by atoms with Crippen molar-refractivity contribution in [2.75, 3.05) is 20.1 Å². The van der Waals surface area contributed by atoms with Crippen LogP contribution in [0.15, 0.2) is 54.6 Å². The molecule has 1 saturated heterocycles. The van der Waals surface area contributed by atoms with Crippen LogP contribution in [0.2, 0.25) is 0 Å². The minimum absolute atomic E-state index is 0.00560. The van der Waals surface area contributed by atoms with Crippen molar-refractivity contribution in [3.05, 3.63) is 65.7 Å². The van der Waals surface area contributed by atoms with E-state index in [0.717, 1.165) is 11.1 Å². The Kier molecular flexibility index (Phi) is 6.31. The van der Waals surface area contributed by atoms with E-state index in [-0.39, 0.29) is 18.0 Å². The van der Waals surface area contributed by atoms with Crippen LogP contribution in [0, 0.1) is 0 Å². The van der Waals surface area contributed by atoms with Crippen LogP contribution in [-0.2, 0) is 15.1 Å². The molecule has 1 fully saturated rings. The van der Waals surface area contributed by atoms with Crippen LogP contribution in [0.3, 0.4) is 0 Å². The third-order valence-electron chi connectivity index (χ3n) is 5.85. The Morgan fingerprint density at radius 2 is 1.86 bits per heavy atom. The molecule has 2 radical (unpaired) electrons. The molecule has 1 aliphatic rings. The van der Waals surface area contributed by atoms with Gasteiger partial charge in [-0.1, -0.05) is 60.1 Å². The van der Waals surface area contributed by atoms with E-state index in [4.69, 9.17) is 12.6 Å². The molecular formula is C23H27BN2O3. The predicted octanol–water partition coefficient (Wildman–Crippen LogP) is 3.15. The van der Waals surface area contributed by atoms with E-state index in [1.54, 1.807) is 16.8 Å². The van der Waals surface area contributed by atoms with E-state index < -0.39 is 5.60 Å². The smallest absolute Gasteiger partial charge is 0.411 e. The van der Waals surface area contributed by atoms with Crippen molar-refractivity contribution in [3.8, 4) is 0 Å². The van der Waals surface area contributed by atoms with Gasteiger partial charge in [-0.3, -0.25) is 4.79 Å². The molecule has 3 rings (SSSR count). The second-order valence-electron chi connectivity index (χ2n) is 7.70. The lowest BCUT2D eigenvalue weighted by atomic mass is 9.85. The first-order chi connectivity index (χ1) is 13.8. The summed E-state index contributed by atoms with van der Waals surface area (Å²) in [6, 6.07) is 17.3. The van der Waals surface area contributed by atoms with Crippen molar-refractivity contribution in [2.45, 2.75) is 38.3 Å².